The lowest BCUT2D eigenvalue weighted by Crippen LogP contribution is -2.48. The maximum absolute atomic E-state index is 10.2. The van der Waals surface area contributed by atoms with E-state index in [2.05, 4.69) is 9.71 Å². The Balaban J connectivity index is 2.15. The fraction of sp³-hybridized carbons (Fsp3) is 0.857. The van der Waals surface area contributed by atoms with Crippen molar-refractivity contribution in [3.05, 3.63) is 0 Å². The third-order valence-corrected chi connectivity index (χ3v) is 2.21. The molecule has 1 aliphatic rings. The Morgan fingerprint density at radius 1 is 1.33 bits per heavy atom. The van der Waals surface area contributed by atoms with Crippen molar-refractivity contribution in [2.75, 3.05) is 39.3 Å². The highest BCUT2D eigenvalue weighted by atomic mass is 16.3. The van der Waals surface area contributed by atoms with Gasteiger partial charge in [0.1, 0.15) is 0 Å². The highest BCUT2D eigenvalue weighted by Crippen LogP contribution is 1.98. The molecule has 4 nitrogen and oxygen atoms in total. The zero-order chi connectivity index (χ0) is 8.81. The van der Waals surface area contributed by atoms with Crippen molar-refractivity contribution >= 4 is 13.6 Å². The van der Waals surface area contributed by atoms with Gasteiger partial charge in [0.15, 0.2) is 0 Å². The van der Waals surface area contributed by atoms with Crippen LogP contribution in [0.3, 0.4) is 0 Å². The first-order valence-corrected chi connectivity index (χ1v) is 4.36. The molecule has 0 atom stereocenters. The van der Waals surface area contributed by atoms with Gasteiger partial charge in [-0.1, -0.05) is 0 Å². The van der Waals surface area contributed by atoms with Gasteiger partial charge in [0.2, 0.25) is 0 Å². The number of aliphatic hydroxyl groups is 1. The van der Waals surface area contributed by atoms with E-state index in [-0.39, 0.29) is 6.61 Å². The number of aliphatic hydroxyl groups excluding tert-OH is 1. The fourth-order valence-corrected chi connectivity index (χ4v) is 1.44. The van der Waals surface area contributed by atoms with Crippen molar-refractivity contribution in [1.82, 2.24) is 9.71 Å². The predicted molar refractivity (Wildman–Crippen MR) is 49.0 cm³/mol. The molecule has 5 heteroatoms. The molecule has 1 N–H and O–H groups in total. The van der Waals surface area contributed by atoms with Gasteiger partial charge in [-0.05, 0) is 0 Å². The van der Waals surface area contributed by atoms with Crippen molar-refractivity contribution in [3.63, 3.8) is 0 Å². The molecule has 0 radical (unpaired) electrons. The summed E-state index contributed by atoms with van der Waals surface area (Å²) in [5.41, 5.74) is 0. The zero-order valence-corrected chi connectivity index (χ0v) is 7.28. The third-order valence-electron chi connectivity index (χ3n) is 2.21. The Labute approximate surface area is 73.4 Å². The smallest absolute Gasteiger partial charge is 0.281 e. The minimum atomic E-state index is 0.230. The molecule has 0 aromatic heterocycles. The molecule has 1 saturated heterocycles. The lowest BCUT2D eigenvalue weighted by atomic mass is 9.93. The molecule has 0 spiro atoms. The van der Waals surface area contributed by atoms with Crippen LogP contribution in [0.5, 0.6) is 0 Å². The Morgan fingerprint density at radius 2 is 2.00 bits per heavy atom. The molecule has 12 heavy (non-hydrogen) atoms. The van der Waals surface area contributed by atoms with E-state index in [0.29, 0.717) is 7.41 Å². The Morgan fingerprint density at radius 3 is 2.50 bits per heavy atom. The fourth-order valence-electron chi connectivity index (χ4n) is 1.44. The van der Waals surface area contributed by atoms with Crippen LogP contribution in [-0.4, -0.2) is 67.7 Å². The molecule has 1 aliphatic heterocycles. The molecule has 0 aromatic rings. The van der Waals surface area contributed by atoms with Gasteiger partial charge in [-0.3, -0.25) is 4.90 Å². The SMILES string of the molecule is O=CBN1CCN(CCO)CC1. The van der Waals surface area contributed by atoms with Crippen LogP contribution in [0.1, 0.15) is 0 Å². The van der Waals surface area contributed by atoms with Gasteiger partial charge >= 0.3 is 0 Å². The van der Waals surface area contributed by atoms with Gasteiger partial charge in [-0.2, -0.15) is 0 Å². The number of carbonyl (C=O) groups is 1. The third kappa shape index (κ3) is 2.93. The van der Waals surface area contributed by atoms with E-state index in [0.717, 1.165) is 38.9 Å². The maximum atomic E-state index is 10.2. The van der Waals surface area contributed by atoms with E-state index in [1.807, 2.05) is 0 Å². The topological polar surface area (TPSA) is 43.8 Å². The van der Waals surface area contributed by atoms with Gasteiger partial charge < -0.3 is 14.7 Å². The van der Waals surface area contributed by atoms with Crippen molar-refractivity contribution < 1.29 is 9.90 Å². The van der Waals surface area contributed by atoms with Crippen molar-refractivity contribution in [3.8, 4) is 0 Å². The summed E-state index contributed by atoms with van der Waals surface area (Å²) in [5.74, 6) is 0. The average Bonchev–Trinajstić information content (AvgIpc) is 2.09. The number of rotatable bonds is 4. The largest absolute Gasteiger partial charge is 0.395 e. The molecule has 0 bridgehead atoms. The van der Waals surface area contributed by atoms with Crippen LogP contribution in [0.15, 0.2) is 0 Å². The highest BCUT2D eigenvalue weighted by molar-refractivity contribution is 6.64. The Bertz CT molecular complexity index is 137. The molecular weight excluding hydrogens is 155 g/mol. The normalized spacial score (nSPS) is 20.8. The number of piperazine rings is 1. The lowest BCUT2D eigenvalue weighted by Gasteiger charge is -2.33. The first-order valence-electron chi connectivity index (χ1n) is 4.36. The summed E-state index contributed by atoms with van der Waals surface area (Å²) in [6.07, 6.45) is 0.946. The van der Waals surface area contributed by atoms with Crippen LogP contribution in [-0.2, 0) is 4.79 Å². The quantitative estimate of drug-likeness (QED) is 0.397. The Kier molecular flexibility index (Phi) is 4.28. The second kappa shape index (κ2) is 5.29. The summed E-state index contributed by atoms with van der Waals surface area (Å²) in [4.78, 5) is 14.5. The lowest BCUT2D eigenvalue weighted by molar-refractivity contribution is 0.152. The maximum Gasteiger partial charge on any atom is 0.281 e. The molecule has 1 heterocycles. The number of nitrogens with zero attached hydrogens (tertiary/aromatic N) is 2. The monoisotopic (exact) mass is 170 g/mol. The van der Waals surface area contributed by atoms with Crippen LogP contribution in [0.25, 0.3) is 0 Å². The molecule has 1 rings (SSSR count). The molecule has 0 aliphatic carbocycles. The van der Waals surface area contributed by atoms with Crippen LogP contribution in [0, 0.1) is 0 Å². The van der Waals surface area contributed by atoms with E-state index in [1.54, 1.807) is 0 Å². The summed E-state index contributed by atoms with van der Waals surface area (Å²) < 4.78 is 0. The zero-order valence-electron chi connectivity index (χ0n) is 7.28. The van der Waals surface area contributed by atoms with Crippen molar-refractivity contribution in [2.24, 2.45) is 0 Å². The molecule has 0 aromatic carbocycles. The van der Waals surface area contributed by atoms with Crippen molar-refractivity contribution in [2.45, 2.75) is 0 Å². The van der Waals surface area contributed by atoms with Gasteiger partial charge in [-0.15, -0.1) is 0 Å². The summed E-state index contributed by atoms with van der Waals surface area (Å²) in [7, 11) is 0.549. The Hall–Kier alpha value is -0.385. The highest BCUT2D eigenvalue weighted by Gasteiger charge is 2.15. The molecular formula is C7H15BN2O2. The number of carbonyl (C=O) groups excluding carboxylic acids is 1. The molecule has 68 valence electrons. The molecule has 0 saturated carbocycles. The number of hydrogen-bond donors (Lipinski definition) is 1. The van der Waals surface area contributed by atoms with E-state index < -0.39 is 0 Å². The predicted octanol–water partition coefficient (Wildman–Crippen LogP) is -1.86. The summed E-state index contributed by atoms with van der Waals surface area (Å²) in [6.45, 7) is 4.81. The van der Waals surface area contributed by atoms with Gasteiger partial charge in [0, 0.05) is 32.7 Å². The first kappa shape index (κ1) is 9.70. The average molecular weight is 170 g/mol. The van der Waals surface area contributed by atoms with Crippen LogP contribution in [0.2, 0.25) is 0 Å². The van der Waals surface area contributed by atoms with E-state index in [1.165, 1.54) is 0 Å². The molecule has 0 unspecified atom stereocenters. The minimum Gasteiger partial charge on any atom is -0.395 e. The number of hydrogen-bond acceptors (Lipinski definition) is 4. The van der Waals surface area contributed by atoms with Crippen LogP contribution < -0.4 is 0 Å². The van der Waals surface area contributed by atoms with Gasteiger partial charge in [0.05, 0.1) is 12.8 Å². The second-order valence-corrected chi connectivity index (χ2v) is 3.03. The second-order valence-electron chi connectivity index (χ2n) is 3.03. The standard InChI is InChI=1S/C7H15BN2O2/c11-6-5-9-1-3-10(4-2-9)8-7-12/h7-8,11H,1-6H2. The molecule has 1 fully saturated rings. The van der Waals surface area contributed by atoms with Crippen molar-refractivity contribution in [1.29, 1.82) is 0 Å². The summed E-state index contributed by atoms with van der Waals surface area (Å²) in [5, 5.41) is 8.68. The summed E-state index contributed by atoms with van der Waals surface area (Å²) >= 11 is 0. The van der Waals surface area contributed by atoms with E-state index in [9.17, 15) is 4.79 Å². The van der Waals surface area contributed by atoms with Gasteiger partial charge in [0.25, 0.3) is 7.41 Å². The van der Waals surface area contributed by atoms with Crippen LogP contribution >= 0.6 is 0 Å². The molecule has 0 amide bonds. The number of β-amino-alcohol motifs (C(OH)–C–C–N with tert-alkyl or cyclic N) is 1. The van der Waals surface area contributed by atoms with Gasteiger partial charge in [-0.25, -0.2) is 0 Å². The first-order chi connectivity index (χ1) is 5.86. The van der Waals surface area contributed by atoms with Crippen LogP contribution in [0.4, 0.5) is 0 Å². The van der Waals surface area contributed by atoms with E-state index in [4.69, 9.17) is 5.11 Å². The minimum absolute atomic E-state index is 0.230. The van der Waals surface area contributed by atoms with E-state index >= 15 is 0 Å². The summed E-state index contributed by atoms with van der Waals surface area (Å²) in [6, 6.07) is 0.